The quantitative estimate of drug-likeness (QED) is 0.758. The fraction of sp³-hybridized carbons (Fsp3) is 0.923. The van der Waals surface area contributed by atoms with Crippen LogP contribution in [0.15, 0.2) is 0 Å². The van der Waals surface area contributed by atoms with Gasteiger partial charge in [0.25, 0.3) is 0 Å². The molecule has 1 N–H and O–H groups in total. The number of amides is 1. The van der Waals surface area contributed by atoms with Gasteiger partial charge < -0.3 is 5.32 Å². The standard InChI is InChI=1S/C13H23NO/c1-3-4-13(15)14-9(2)12-8-10-5-6-11(12)7-10/h9-12H,3-8H2,1-2H3,(H,14,15)/t9-,10-,11-,12-/m0/s1. The highest BCUT2D eigenvalue weighted by Crippen LogP contribution is 2.49. The Balaban J connectivity index is 1.81. The minimum Gasteiger partial charge on any atom is -0.353 e. The van der Waals surface area contributed by atoms with Crippen LogP contribution < -0.4 is 5.32 Å². The molecule has 2 rings (SSSR count). The topological polar surface area (TPSA) is 29.1 Å². The smallest absolute Gasteiger partial charge is 0.220 e. The summed E-state index contributed by atoms with van der Waals surface area (Å²) in [6.07, 6.45) is 7.28. The highest BCUT2D eigenvalue weighted by Gasteiger charge is 2.41. The molecular weight excluding hydrogens is 186 g/mol. The summed E-state index contributed by atoms with van der Waals surface area (Å²) in [6, 6.07) is 0.402. The van der Waals surface area contributed by atoms with Crippen LogP contribution >= 0.6 is 0 Å². The van der Waals surface area contributed by atoms with Gasteiger partial charge in [0.15, 0.2) is 0 Å². The number of nitrogens with one attached hydrogen (secondary N) is 1. The van der Waals surface area contributed by atoms with E-state index in [9.17, 15) is 4.79 Å². The van der Waals surface area contributed by atoms with Crippen molar-refractivity contribution in [3.63, 3.8) is 0 Å². The van der Waals surface area contributed by atoms with Crippen molar-refractivity contribution < 1.29 is 4.79 Å². The molecule has 2 heteroatoms. The van der Waals surface area contributed by atoms with Crippen molar-refractivity contribution in [2.45, 2.75) is 58.4 Å². The molecule has 2 fully saturated rings. The van der Waals surface area contributed by atoms with Crippen molar-refractivity contribution in [2.24, 2.45) is 17.8 Å². The molecule has 2 bridgehead atoms. The first-order valence-corrected chi connectivity index (χ1v) is 6.50. The van der Waals surface area contributed by atoms with Gasteiger partial charge in [-0.2, -0.15) is 0 Å². The Labute approximate surface area is 92.8 Å². The molecule has 2 aliphatic rings. The largest absolute Gasteiger partial charge is 0.353 e. The zero-order valence-corrected chi connectivity index (χ0v) is 9.96. The maximum absolute atomic E-state index is 11.5. The third kappa shape index (κ3) is 2.35. The van der Waals surface area contributed by atoms with Gasteiger partial charge in [-0.3, -0.25) is 4.79 Å². The van der Waals surface area contributed by atoms with Crippen LogP contribution in [0.25, 0.3) is 0 Å². The summed E-state index contributed by atoms with van der Waals surface area (Å²) < 4.78 is 0. The lowest BCUT2D eigenvalue weighted by molar-refractivity contribution is -0.122. The third-order valence-corrected chi connectivity index (χ3v) is 4.30. The van der Waals surface area contributed by atoms with E-state index in [2.05, 4.69) is 19.2 Å². The van der Waals surface area contributed by atoms with E-state index in [4.69, 9.17) is 0 Å². The Morgan fingerprint density at radius 3 is 2.73 bits per heavy atom. The van der Waals surface area contributed by atoms with E-state index < -0.39 is 0 Å². The first-order valence-electron chi connectivity index (χ1n) is 6.50. The molecule has 0 aliphatic heterocycles. The second kappa shape index (κ2) is 4.54. The maximum atomic E-state index is 11.5. The summed E-state index contributed by atoms with van der Waals surface area (Å²) in [5, 5.41) is 3.17. The summed E-state index contributed by atoms with van der Waals surface area (Å²) in [4.78, 5) is 11.5. The summed E-state index contributed by atoms with van der Waals surface area (Å²) in [5.41, 5.74) is 0. The monoisotopic (exact) mass is 209 g/mol. The van der Waals surface area contributed by atoms with Gasteiger partial charge in [0, 0.05) is 12.5 Å². The van der Waals surface area contributed by atoms with Crippen molar-refractivity contribution in [3.05, 3.63) is 0 Å². The van der Waals surface area contributed by atoms with E-state index in [1.165, 1.54) is 25.7 Å². The maximum Gasteiger partial charge on any atom is 0.220 e. The zero-order chi connectivity index (χ0) is 10.8. The van der Waals surface area contributed by atoms with Gasteiger partial charge in [-0.1, -0.05) is 13.3 Å². The average Bonchev–Trinajstić information content (AvgIpc) is 2.78. The molecule has 0 heterocycles. The van der Waals surface area contributed by atoms with Gasteiger partial charge in [-0.05, 0) is 50.4 Å². The minimum absolute atomic E-state index is 0.243. The normalized spacial score (nSPS) is 35.5. The SMILES string of the molecule is CCCC(=O)N[C@@H](C)[C@@H]1C[C@H]2CC[C@H]1C2. The van der Waals surface area contributed by atoms with Crippen LogP contribution in [0.2, 0.25) is 0 Å². The van der Waals surface area contributed by atoms with E-state index in [0.29, 0.717) is 12.5 Å². The number of hydrogen-bond donors (Lipinski definition) is 1. The molecule has 1 amide bonds. The van der Waals surface area contributed by atoms with Crippen molar-refractivity contribution >= 4 is 5.91 Å². The van der Waals surface area contributed by atoms with Crippen LogP contribution in [0, 0.1) is 17.8 Å². The Kier molecular flexibility index (Phi) is 3.32. The van der Waals surface area contributed by atoms with E-state index in [1.54, 1.807) is 0 Å². The van der Waals surface area contributed by atoms with Gasteiger partial charge in [-0.25, -0.2) is 0 Å². The Bertz CT molecular complexity index is 239. The van der Waals surface area contributed by atoms with Crippen LogP contribution in [0.4, 0.5) is 0 Å². The van der Waals surface area contributed by atoms with Gasteiger partial charge in [0.2, 0.25) is 5.91 Å². The molecule has 4 atom stereocenters. The fourth-order valence-electron chi connectivity index (χ4n) is 3.57. The number of carbonyl (C=O) groups is 1. The van der Waals surface area contributed by atoms with E-state index in [0.717, 1.165) is 24.2 Å². The lowest BCUT2D eigenvalue weighted by atomic mass is 9.84. The lowest BCUT2D eigenvalue weighted by Crippen LogP contribution is -2.39. The molecule has 0 radical (unpaired) electrons. The summed E-state index contributed by atoms with van der Waals surface area (Å²) in [7, 11) is 0. The molecule has 0 unspecified atom stereocenters. The summed E-state index contributed by atoms with van der Waals surface area (Å²) in [5.74, 6) is 2.90. The van der Waals surface area contributed by atoms with E-state index in [-0.39, 0.29) is 5.91 Å². The predicted molar refractivity (Wildman–Crippen MR) is 61.5 cm³/mol. The molecule has 0 spiro atoms. The first-order chi connectivity index (χ1) is 7.20. The van der Waals surface area contributed by atoms with Crippen LogP contribution in [0.5, 0.6) is 0 Å². The molecular formula is C13H23NO. The first kappa shape index (κ1) is 11.0. The lowest BCUT2D eigenvalue weighted by Gasteiger charge is -2.28. The molecule has 86 valence electrons. The molecule has 2 saturated carbocycles. The highest BCUT2D eigenvalue weighted by atomic mass is 16.1. The van der Waals surface area contributed by atoms with Gasteiger partial charge >= 0.3 is 0 Å². The average molecular weight is 209 g/mol. The molecule has 0 aromatic carbocycles. The van der Waals surface area contributed by atoms with Crippen LogP contribution in [-0.2, 0) is 4.79 Å². The zero-order valence-electron chi connectivity index (χ0n) is 9.96. The molecule has 0 saturated heterocycles. The van der Waals surface area contributed by atoms with Crippen LogP contribution in [-0.4, -0.2) is 11.9 Å². The molecule has 0 aromatic rings. The molecule has 2 aliphatic carbocycles. The van der Waals surface area contributed by atoms with Crippen LogP contribution in [0.1, 0.15) is 52.4 Å². The molecule has 15 heavy (non-hydrogen) atoms. The van der Waals surface area contributed by atoms with Crippen molar-refractivity contribution in [3.8, 4) is 0 Å². The second-order valence-corrected chi connectivity index (χ2v) is 5.44. The number of rotatable bonds is 4. The number of fused-ring (bicyclic) bond motifs is 2. The minimum atomic E-state index is 0.243. The van der Waals surface area contributed by atoms with Gasteiger partial charge in [0.1, 0.15) is 0 Å². The van der Waals surface area contributed by atoms with Crippen molar-refractivity contribution in [1.29, 1.82) is 0 Å². The van der Waals surface area contributed by atoms with Gasteiger partial charge in [0.05, 0.1) is 0 Å². The third-order valence-electron chi connectivity index (χ3n) is 4.30. The summed E-state index contributed by atoms with van der Waals surface area (Å²) >= 11 is 0. The number of hydrogen-bond acceptors (Lipinski definition) is 1. The van der Waals surface area contributed by atoms with Crippen molar-refractivity contribution in [2.75, 3.05) is 0 Å². The summed E-state index contributed by atoms with van der Waals surface area (Å²) in [6.45, 7) is 4.25. The predicted octanol–water partition coefficient (Wildman–Crippen LogP) is 2.73. The Morgan fingerprint density at radius 2 is 2.20 bits per heavy atom. The molecule has 0 aromatic heterocycles. The second-order valence-electron chi connectivity index (χ2n) is 5.44. The fourth-order valence-corrected chi connectivity index (χ4v) is 3.57. The van der Waals surface area contributed by atoms with Gasteiger partial charge in [-0.15, -0.1) is 0 Å². The van der Waals surface area contributed by atoms with E-state index in [1.807, 2.05) is 0 Å². The molecule has 2 nitrogen and oxygen atoms in total. The van der Waals surface area contributed by atoms with Crippen molar-refractivity contribution in [1.82, 2.24) is 5.32 Å². The Morgan fingerprint density at radius 1 is 1.40 bits per heavy atom. The Hall–Kier alpha value is -0.530. The highest BCUT2D eigenvalue weighted by molar-refractivity contribution is 5.76. The van der Waals surface area contributed by atoms with Crippen LogP contribution in [0.3, 0.4) is 0 Å². The van der Waals surface area contributed by atoms with E-state index >= 15 is 0 Å². The number of carbonyl (C=O) groups excluding carboxylic acids is 1.